The summed E-state index contributed by atoms with van der Waals surface area (Å²) in [6.07, 6.45) is 5.76. The van der Waals surface area contributed by atoms with E-state index in [0.717, 1.165) is 86.6 Å². The molecule has 0 saturated carbocycles. The molecule has 17 nitrogen and oxygen atoms in total. The second-order valence-corrected chi connectivity index (χ2v) is 16.3. The molecule has 366 valence electrons. The third kappa shape index (κ3) is 14.1. The number of carbonyl (C=O) groups is 1. The lowest BCUT2D eigenvalue weighted by Gasteiger charge is -2.33. The van der Waals surface area contributed by atoms with Gasteiger partial charge in [-0.1, -0.05) is 26.0 Å². The van der Waals surface area contributed by atoms with Crippen LogP contribution in [0.2, 0.25) is 0 Å². The highest BCUT2D eigenvalue weighted by molar-refractivity contribution is 5.95. The highest BCUT2D eigenvalue weighted by Gasteiger charge is 2.24. The molecule has 2 saturated heterocycles. The third-order valence-corrected chi connectivity index (χ3v) is 11.3. The Kier molecular flexibility index (Phi) is 20.9. The number of nitrogens with two attached hydrogens (primary N) is 2. The fourth-order valence-electron chi connectivity index (χ4n) is 7.64. The number of nitrogens with zero attached hydrogens (tertiary/aromatic N) is 8. The zero-order valence-corrected chi connectivity index (χ0v) is 41.1. The van der Waals surface area contributed by atoms with E-state index >= 15 is 0 Å². The van der Waals surface area contributed by atoms with E-state index in [1.54, 1.807) is 20.2 Å². The number of methoxy groups -OCH3 is 1. The number of hydrogen-bond donors (Lipinski definition) is 4. The molecule has 0 unspecified atom stereocenters. The monoisotopic (exact) mass is 934 g/mol. The predicted octanol–water partition coefficient (Wildman–Crippen LogP) is 7.88. The molecule has 6 aromatic rings. The van der Waals surface area contributed by atoms with Gasteiger partial charge in [0.1, 0.15) is 17.4 Å². The van der Waals surface area contributed by atoms with E-state index in [0.29, 0.717) is 82.9 Å². The molecular weight excluding hydrogens is 863 g/mol. The van der Waals surface area contributed by atoms with Gasteiger partial charge in [0.25, 0.3) is 5.91 Å². The van der Waals surface area contributed by atoms with Gasteiger partial charge in [0.05, 0.1) is 55.1 Å². The summed E-state index contributed by atoms with van der Waals surface area (Å²) < 4.78 is 20.7. The van der Waals surface area contributed by atoms with Gasteiger partial charge in [0.15, 0.2) is 11.3 Å². The summed E-state index contributed by atoms with van der Waals surface area (Å²) in [7, 11) is 3.20. The van der Waals surface area contributed by atoms with Crippen molar-refractivity contribution >= 4 is 51.5 Å². The first-order valence-corrected chi connectivity index (χ1v) is 23.8. The smallest absolute Gasteiger partial charge is 0.251 e. The number of morpholine rings is 1. The van der Waals surface area contributed by atoms with Gasteiger partial charge in [-0.15, -0.1) is 0 Å². The number of aromatic nitrogens is 6. The van der Waals surface area contributed by atoms with Crippen LogP contribution >= 0.6 is 0 Å². The number of amides is 1. The summed E-state index contributed by atoms with van der Waals surface area (Å²) in [5, 5.41) is 13.7. The minimum absolute atomic E-state index is 0.100. The predicted molar refractivity (Wildman–Crippen MR) is 272 cm³/mol. The third-order valence-electron chi connectivity index (χ3n) is 11.3. The van der Waals surface area contributed by atoms with E-state index in [4.69, 9.17) is 45.4 Å². The first kappa shape index (κ1) is 52.7. The quantitative estimate of drug-likeness (QED) is 0.0809. The molecule has 2 aliphatic heterocycles. The molecule has 0 spiro atoms. The normalized spacial score (nSPS) is 15.6. The van der Waals surface area contributed by atoms with Crippen LogP contribution in [0.3, 0.4) is 0 Å². The van der Waals surface area contributed by atoms with E-state index in [-0.39, 0.29) is 18.6 Å². The lowest BCUT2D eigenvalue weighted by Crippen LogP contribution is -2.44. The molecule has 68 heavy (non-hydrogen) atoms. The van der Waals surface area contributed by atoms with Crippen molar-refractivity contribution in [3.63, 3.8) is 0 Å². The van der Waals surface area contributed by atoms with Crippen molar-refractivity contribution in [2.45, 2.75) is 92.3 Å². The topological polar surface area (TPSA) is 222 Å². The number of carbonyl (C=O) groups excluding carboxylic acids is 1. The molecule has 6 heterocycles. The first-order chi connectivity index (χ1) is 33.0. The molecule has 2 fully saturated rings. The fourth-order valence-corrected chi connectivity index (χ4v) is 7.64. The summed E-state index contributed by atoms with van der Waals surface area (Å²) in [4.78, 5) is 44.0. The van der Waals surface area contributed by atoms with Crippen LogP contribution in [-0.4, -0.2) is 120 Å². The Morgan fingerprint density at radius 2 is 1.34 bits per heavy atom. The number of anilines is 4. The molecule has 2 atom stereocenters. The number of nitrogens with one attached hydrogen (secondary N) is 1. The van der Waals surface area contributed by atoms with Gasteiger partial charge in [-0.25, -0.2) is 9.97 Å². The van der Waals surface area contributed by atoms with Gasteiger partial charge in [-0.05, 0) is 114 Å². The Balaban J connectivity index is 0.000000205. The number of pyridine rings is 2. The van der Waals surface area contributed by atoms with Crippen LogP contribution in [0, 0.1) is 0 Å². The number of nitrogen functional groups attached to an aromatic ring is 2. The maximum absolute atomic E-state index is 11.9. The summed E-state index contributed by atoms with van der Waals surface area (Å²) in [6, 6.07) is 21.0. The van der Waals surface area contributed by atoms with Crippen LogP contribution in [0.5, 0.6) is 5.75 Å². The van der Waals surface area contributed by atoms with Gasteiger partial charge in [-0.3, -0.25) is 4.79 Å². The van der Waals surface area contributed by atoms with Crippen molar-refractivity contribution in [2.75, 3.05) is 88.2 Å². The Morgan fingerprint density at radius 3 is 1.84 bits per heavy atom. The minimum Gasteiger partial charge on any atom is -0.496 e. The van der Waals surface area contributed by atoms with E-state index in [1.807, 2.05) is 74.5 Å². The van der Waals surface area contributed by atoms with Gasteiger partial charge in [0.2, 0.25) is 11.9 Å². The molecule has 6 N–H and O–H groups in total. The second kappa shape index (κ2) is 26.9. The first-order valence-electron chi connectivity index (χ1n) is 23.8. The van der Waals surface area contributed by atoms with Gasteiger partial charge >= 0.3 is 0 Å². The number of hydrogen-bond acceptors (Lipinski definition) is 16. The van der Waals surface area contributed by atoms with Gasteiger partial charge < -0.3 is 50.6 Å². The molecule has 1 amide bonds. The van der Waals surface area contributed by atoms with Gasteiger partial charge in [0, 0.05) is 74.9 Å². The molecule has 0 bridgehead atoms. The SMILES string of the molecule is CCCOCC.CCCOCC.CNC(=O)c1cccc(-c2ccc3c(N)nc(N4CCOC[C@@H]4C)nc3n2)c1.COc1ccc(-c2ccc3c(N)nc(N4CCCC[C@@H]4C)nc3n2)cc1CO. The molecule has 17 heteroatoms. The molecule has 4 aromatic heterocycles. The maximum Gasteiger partial charge on any atom is 0.251 e. The van der Waals surface area contributed by atoms with Crippen molar-refractivity contribution in [3.8, 4) is 28.3 Å². The van der Waals surface area contributed by atoms with Crippen molar-refractivity contribution in [1.82, 2.24) is 35.2 Å². The van der Waals surface area contributed by atoms with E-state index in [2.05, 4.69) is 57.8 Å². The fraction of sp³-hybridized carbons (Fsp3) is 0.471. The summed E-state index contributed by atoms with van der Waals surface area (Å²) in [5.74, 6) is 2.56. The molecule has 2 aromatic carbocycles. The largest absolute Gasteiger partial charge is 0.496 e. The number of piperidine rings is 1. The summed E-state index contributed by atoms with van der Waals surface area (Å²) >= 11 is 0. The number of aliphatic hydroxyl groups is 1. The lowest BCUT2D eigenvalue weighted by molar-refractivity contribution is 0.0963. The van der Waals surface area contributed by atoms with Crippen LogP contribution < -0.4 is 31.3 Å². The highest BCUT2D eigenvalue weighted by atomic mass is 16.5. The van der Waals surface area contributed by atoms with Crippen molar-refractivity contribution < 1.29 is 28.8 Å². The Morgan fingerprint density at radius 1 is 0.750 bits per heavy atom. The molecule has 0 radical (unpaired) electrons. The summed E-state index contributed by atoms with van der Waals surface area (Å²) in [5.41, 5.74) is 18.0. The van der Waals surface area contributed by atoms with Crippen molar-refractivity contribution in [3.05, 3.63) is 77.9 Å². The number of ether oxygens (including phenoxy) is 4. The Labute approximate surface area is 401 Å². The van der Waals surface area contributed by atoms with Crippen LogP contribution in [-0.2, 0) is 20.8 Å². The van der Waals surface area contributed by atoms with E-state index in [1.165, 1.54) is 6.42 Å². The van der Waals surface area contributed by atoms with Crippen LogP contribution in [0.4, 0.5) is 23.5 Å². The van der Waals surface area contributed by atoms with E-state index < -0.39 is 0 Å². The average Bonchev–Trinajstić information content (AvgIpc) is 3.37. The number of rotatable bonds is 13. The lowest BCUT2D eigenvalue weighted by atomic mass is 10.0. The molecule has 0 aliphatic carbocycles. The number of benzene rings is 2. The number of aliphatic hydroxyl groups excluding tert-OH is 1. The number of fused-ring (bicyclic) bond motifs is 2. The van der Waals surface area contributed by atoms with Gasteiger partial charge in [-0.2, -0.15) is 19.9 Å². The molecule has 2 aliphatic rings. The second-order valence-electron chi connectivity index (χ2n) is 16.3. The highest BCUT2D eigenvalue weighted by Crippen LogP contribution is 2.30. The standard InChI is InChI=1S/C21H25N5O2.C20H22N6O2.2C5H12O/c1-13-5-3-4-10-26(13)21-24-19(22)16-7-8-17(23-20(16)25-21)14-6-9-18(28-2)15(11-14)12-27;1-12-11-28-9-8-26(12)20-24-17(21)15-6-7-16(23-18(15)25-20)13-4-3-5-14(10-13)19(27)22-2;2*1-3-5-6-4-2/h6-9,11,13,27H,3-5,10,12H2,1-2H3,(H2,22,23,24,25);3-7,10,12H,8-9,11H2,1-2H3,(H,22,27)(H2,21,23,24,25);2*3-5H2,1-2H3/t13-;12-;;/m00../s1. The van der Waals surface area contributed by atoms with Crippen LogP contribution in [0.1, 0.15) is 89.6 Å². The van der Waals surface area contributed by atoms with Crippen LogP contribution in [0.25, 0.3) is 44.6 Å². The van der Waals surface area contributed by atoms with Crippen molar-refractivity contribution in [2.24, 2.45) is 0 Å². The maximum atomic E-state index is 11.9. The van der Waals surface area contributed by atoms with Crippen LogP contribution in [0.15, 0.2) is 66.7 Å². The Hall–Kier alpha value is -6.27. The zero-order valence-electron chi connectivity index (χ0n) is 41.1. The zero-order chi connectivity index (χ0) is 49.0. The minimum atomic E-state index is -0.141. The molecular formula is C51H71N11O6. The van der Waals surface area contributed by atoms with Crippen molar-refractivity contribution in [1.29, 1.82) is 0 Å². The molecule has 8 rings (SSSR count). The van der Waals surface area contributed by atoms with E-state index in [9.17, 15) is 9.90 Å². The summed E-state index contributed by atoms with van der Waals surface area (Å²) in [6.45, 7) is 18.8. The average molecular weight is 934 g/mol. The Bertz CT molecular complexity index is 2510.